The van der Waals surface area contributed by atoms with Crippen LogP contribution in [0.4, 0.5) is 0 Å². The molecule has 0 fully saturated rings. The molecule has 0 radical (unpaired) electrons. The van der Waals surface area contributed by atoms with Gasteiger partial charge in [-0.05, 0) is 40.3 Å². The van der Waals surface area contributed by atoms with E-state index in [4.69, 9.17) is 0 Å². The minimum absolute atomic E-state index is 0.112. The Morgan fingerprint density at radius 3 is 2.70 bits per heavy atom. The normalized spacial score (nSPS) is 15.3. The summed E-state index contributed by atoms with van der Waals surface area (Å²) in [7, 11) is 0. The van der Waals surface area contributed by atoms with Gasteiger partial charge in [0.1, 0.15) is 5.76 Å². The van der Waals surface area contributed by atoms with Crippen molar-refractivity contribution < 1.29 is 15.3 Å². The molecule has 0 aromatic heterocycles. The predicted octanol–water partition coefficient (Wildman–Crippen LogP) is 1.84. The number of fused-ring (bicyclic) bond motifs is 5. The molecule has 3 heteroatoms. The number of phenols is 2. The van der Waals surface area contributed by atoms with Gasteiger partial charge in [-0.15, -0.1) is 0 Å². The van der Waals surface area contributed by atoms with Gasteiger partial charge in [-0.2, -0.15) is 0 Å². The lowest BCUT2D eigenvalue weighted by Crippen LogP contribution is -2.15. The number of hydrogen-bond acceptors (Lipinski definition) is 3. The van der Waals surface area contributed by atoms with Crippen LogP contribution < -0.4 is 10.4 Å². The van der Waals surface area contributed by atoms with Crippen LogP contribution in [0.3, 0.4) is 0 Å². The van der Waals surface area contributed by atoms with Gasteiger partial charge in [0.25, 0.3) is 0 Å². The number of rotatable bonds is 0. The SMILES string of the molecule is OC1=CCc2c(c(O)c(O)c3c4c(ccc23)=CC=C4)=C1. The first-order chi connectivity index (χ1) is 9.66. The van der Waals surface area contributed by atoms with Gasteiger partial charge >= 0.3 is 0 Å². The first-order valence-corrected chi connectivity index (χ1v) is 6.45. The van der Waals surface area contributed by atoms with E-state index in [1.807, 2.05) is 30.4 Å². The van der Waals surface area contributed by atoms with Crippen molar-refractivity contribution in [2.75, 3.05) is 0 Å². The van der Waals surface area contributed by atoms with E-state index >= 15 is 0 Å². The Hall–Kier alpha value is -2.68. The van der Waals surface area contributed by atoms with Crippen molar-refractivity contribution in [2.24, 2.45) is 0 Å². The third-order valence-electron chi connectivity index (χ3n) is 3.99. The smallest absolute Gasteiger partial charge is 0.166 e. The first kappa shape index (κ1) is 11.2. The Labute approximate surface area is 114 Å². The second-order valence-corrected chi connectivity index (χ2v) is 5.08. The van der Waals surface area contributed by atoms with Crippen molar-refractivity contribution in [3.05, 3.63) is 51.6 Å². The molecule has 98 valence electrons. The van der Waals surface area contributed by atoms with Crippen LogP contribution in [-0.2, 0) is 6.42 Å². The molecule has 4 rings (SSSR count). The lowest BCUT2D eigenvalue weighted by molar-refractivity contribution is 0.403. The molecule has 3 nitrogen and oxygen atoms in total. The summed E-state index contributed by atoms with van der Waals surface area (Å²) in [5, 5.41) is 33.3. The zero-order chi connectivity index (χ0) is 13.9. The van der Waals surface area contributed by atoms with Crippen molar-refractivity contribution in [2.45, 2.75) is 6.42 Å². The van der Waals surface area contributed by atoms with Gasteiger partial charge in [0.15, 0.2) is 11.5 Å². The Bertz CT molecular complexity index is 947. The van der Waals surface area contributed by atoms with E-state index < -0.39 is 0 Å². The summed E-state index contributed by atoms with van der Waals surface area (Å²) in [6.45, 7) is 0. The molecule has 2 aliphatic carbocycles. The van der Waals surface area contributed by atoms with Gasteiger partial charge < -0.3 is 15.3 Å². The average Bonchev–Trinajstić information content (AvgIpc) is 2.92. The number of benzene rings is 2. The number of aromatic hydroxyl groups is 2. The number of aliphatic hydroxyl groups excluding tert-OH is 1. The molecule has 0 saturated heterocycles. The molecule has 3 N–H and O–H groups in total. The molecule has 0 bridgehead atoms. The summed E-state index contributed by atoms with van der Waals surface area (Å²) >= 11 is 0. The third kappa shape index (κ3) is 1.29. The van der Waals surface area contributed by atoms with E-state index in [0.29, 0.717) is 17.0 Å². The van der Waals surface area contributed by atoms with Gasteiger partial charge in [-0.25, -0.2) is 0 Å². The van der Waals surface area contributed by atoms with Crippen LogP contribution in [0.2, 0.25) is 0 Å². The molecule has 0 spiro atoms. The summed E-state index contributed by atoms with van der Waals surface area (Å²) in [4.78, 5) is 0. The fourth-order valence-electron chi connectivity index (χ4n) is 3.04. The summed E-state index contributed by atoms with van der Waals surface area (Å²) in [6.07, 6.45) is 9.56. The number of aliphatic hydroxyl groups is 1. The lowest BCUT2D eigenvalue weighted by Gasteiger charge is -2.15. The first-order valence-electron chi connectivity index (χ1n) is 6.45. The fraction of sp³-hybridized carbons (Fsp3) is 0.0588. The maximum absolute atomic E-state index is 10.3. The highest BCUT2D eigenvalue weighted by Crippen LogP contribution is 2.36. The van der Waals surface area contributed by atoms with Crippen LogP contribution in [0.1, 0.15) is 11.1 Å². The van der Waals surface area contributed by atoms with Crippen molar-refractivity contribution in [1.29, 1.82) is 0 Å². The van der Waals surface area contributed by atoms with E-state index in [1.54, 1.807) is 6.08 Å². The van der Waals surface area contributed by atoms with Gasteiger partial charge in [-0.3, -0.25) is 0 Å². The van der Waals surface area contributed by atoms with Gasteiger partial charge in [0.05, 0.1) is 0 Å². The van der Waals surface area contributed by atoms with E-state index in [1.165, 1.54) is 6.08 Å². The second kappa shape index (κ2) is 3.67. The highest BCUT2D eigenvalue weighted by atomic mass is 16.3. The monoisotopic (exact) mass is 264 g/mol. The van der Waals surface area contributed by atoms with Crippen LogP contribution in [0.15, 0.2) is 30.0 Å². The van der Waals surface area contributed by atoms with Crippen molar-refractivity contribution >= 4 is 29.0 Å². The van der Waals surface area contributed by atoms with Crippen molar-refractivity contribution in [3.8, 4) is 11.5 Å². The van der Waals surface area contributed by atoms with Gasteiger partial charge in [0.2, 0.25) is 0 Å². The average molecular weight is 264 g/mol. The quantitative estimate of drug-likeness (QED) is 0.636. The molecular weight excluding hydrogens is 252 g/mol. The molecule has 0 saturated carbocycles. The fourth-order valence-corrected chi connectivity index (χ4v) is 3.04. The Morgan fingerprint density at radius 2 is 1.85 bits per heavy atom. The molecule has 2 aliphatic rings. The van der Waals surface area contributed by atoms with Gasteiger partial charge in [-0.1, -0.05) is 30.4 Å². The number of phenolic OH excluding ortho intramolecular Hbond substituents is 2. The maximum Gasteiger partial charge on any atom is 0.166 e. The van der Waals surface area contributed by atoms with Crippen LogP contribution >= 0.6 is 0 Å². The standard InChI is InChI=1S/C17H12O3/c18-10-5-7-12-13-6-4-9-2-1-3-11(9)15(13)17(20)16(19)14(12)8-10/h1-6,8,18-20H,7H2. The van der Waals surface area contributed by atoms with Crippen LogP contribution in [0.5, 0.6) is 11.5 Å². The Morgan fingerprint density at radius 1 is 1.00 bits per heavy atom. The second-order valence-electron chi connectivity index (χ2n) is 5.08. The maximum atomic E-state index is 10.3. The molecule has 0 amide bonds. The Balaban J connectivity index is 2.28. The van der Waals surface area contributed by atoms with Gasteiger partial charge in [0, 0.05) is 10.6 Å². The molecule has 0 unspecified atom stereocenters. The van der Waals surface area contributed by atoms with Crippen molar-refractivity contribution in [3.63, 3.8) is 0 Å². The molecule has 0 atom stereocenters. The van der Waals surface area contributed by atoms with E-state index in [9.17, 15) is 15.3 Å². The van der Waals surface area contributed by atoms with Crippen LogP contribution in [0, 0.1) is 0 Å². The minimum Gasteiger partial charge on any atom is -0.508 e. The Kier molecular flexibility index (Phi) is 2.05. The zero-order valence-electron chi connectivity index (χ0n) is 10.6. The molecule has 2 aromatic carbocycles. The third-order valence-corrected chi connectivity index (χ3v) is 3.99. The highest BCUT2D eigenvalue weighted by molar-refractivity contribution is 6.01. The number of hydrogen-bond donors (Lipinski definition) is 3. The van der Waals surface area contributed by atoms with Crippen LogP contribution in [-0.4, -0.2) is 15.3 Å². The van der Waals surface area contributed by atoms with Crippen LogP contribution in [0.25, 0.3) is 29.0 Å². The van der Waals surface area contributed by atoms with E-state index in [0.717, 1.165) is 21.7 Å². The summed E-state index contributed by atoms with van der Waals surface area (Å²) in [5.74, 6) is -0.178. The number of allylic oxidation sites excluding steroid dienone is 3. The molecule has 0 heterocycles. The molecular formula is C17H12O3. The van der Waals surface area contributed by atoms with E-state index in [2.05, 4.69) is 0 Å². The summed E-state index contributed by atoms with van der Waals surface area (Å²) < 4.78 is 0. The lowest BCUT2D eigenvalue weighted by atomic mass is 9.92. The topological polar surface area (TPSA) is 60.7 Å². The summed E-state index contributed by atoms with van der Waals surface area (Å²) in [5.41, 5.74) is 1.85. The highest BCUT2D eigenvalue weighted by Gasteiger charge is 2.19. The zero-order valence-corrected chi connectivity index (χ0v) is 10.6. The molecule has 2 aromatic rings. The molecule has 20 heavy (non-hydrogen) atoms. The molecule has 0 aliphatic heterocycles. The summed E-state index contributed by atoms with van der Waals surface area (Å²) in [6, 6.07) is 3.96. The largest absolute Gasteiger partial charge is 0.508 e. The predicted molar refractivity (Wildman–Crippen MR) is 78.9 cm³/mol. The van der Waals surface area contributed by atoms with E-state index in [-0.39, 0.29) is 17.3 Å². The van der Waals surface area contributed by atoms with Crippen molar-refractivity contribution in [1.82, 2.24) is 0 Å². The minimum atomic E-state index is -0.166.